The van der Waals surface area contributed by atoms with Crippen LogP contribution in [0.1, 0.15) is 39.0 Å². The first-order valence-corrected chi connectivity index (χ1v) is 4.82. The number of carbonyl (C=O) groups excluding carboxylic acids is 1. The molecule has 0 saturated carbocycles. The van der Waals surface area contributed by atoms with E-state index in [-0.39, 0.29) is 4.83 Å². The maximum Gasteiger partial charge on any atom is 0.133 e. The molecule has 0 aliphatic carbocycles. The number of rotatable bonds is 6. The zero-order valence-corrected chi connectivity index (χ0v) is 8.06. The standard InChI is InChI=1S/C8H15BrO/c1-2-3-4-5-6-8(9)7-10/h7-8H,2-6H2,1H3. The van der Waals surface area contributed by atoms with Gasteiger partial charge in [-0.25, -0.2) is 0 Å². The molecule has 0 amide bonds. The number of halogens is 1. The van der Waals surface area contributed by atoms with Crippen LogP contribution in [0.4, 0.5) is 0 Å². The molecule has 0 fully saturated rings. The van der Waals surface area contributed by atoms with Gasteiger partial charge in [0.1, 0.15) is 6.29 Å². The van der Waals surface area contributed by atoms with Crippen LogP contribution in [0.25, 0.3) is 0 Å². The van der Waals surface area contributed by atoms with Crippen LogP contribution in [0.15, 0.2) is 0 Å². The van der Waals surface area contributed by atoms with Crippen molar-refractivity contribution in [1.29, 1.82) is 0 Å². The third-order valence-electron chi connectivity index (χ3n) is 1.48. The van der Waals surface area contributed by atoms with Gasteiger partial charge in [-0.1, -0.05) is 48.5 Å². The predicted molar refractivity (Wildman–Crippen MR) is 47.5 cm³/mol. The van der Waals surface area contributed by atoms with Crippen LogP contribution < -0.4 is 0 Å². The Bertz CT molecular complexity index is 83.3. The Hall–Kier alpha value is 0.150. The summed E-state index contributed by atoms with van der Waals surface area (Å²) in [4.78, 5) is 10.2. The Morgan fingerprint density at radius 2 is 2.10 bits per heavy atom. The van der Waals surface area contributed by atoms with Crippen LogP contribution >= 0.6 is 15.9 Å². The predicted octanol–water partition coefficient (Wildman–Crippen LogP) is 2.92. The normalized spacial score (nSPS) is 13.0. The van der Waals surface area contributed by atoms with E-state index in [0.29, 0.717) is 0 Å². The van der Waals surface area contributed by atoms with Gasteiger partial charge in [-0.05, 0) is 6.42 Å². The molecule has 0 saturated heterocycles. The number of hydrogen-bond acceptors (Lipinski definition) is 1. The van der Waals surface area contributed by atoms with E-state index >= 15 is 0 Å². The molecule has 1 unspecified atom stereocenters. The summed E-state index contributed by atoms with van der Waals surface area (Å²) in [6, 6.07) is 0. The lowest BCUT2D eigenvalue weighted by Gasteiger charge is -1.99. The summed E-state index contributed by atoms with van der Waals surface area (Å²) in [6.45, 7) is 2.19. The third kappa shape index (κ3) is 6.27. The largest absolute Gasteiger partial charge is 0.302 e. The van der Waals surface area contributed by atoms with E-state index in [4.69, 9.17) is 0 Å². The van der Waals surface area contributed by atoms with Gasteiger partial charge in [0.25, 0.3) is 0 Å². The summed E-state index contributed by atoms with van der Waals surface area (Å²) >= 11 is 3.26. The van der Waals surface area contributed by atoms with E-state index in [1.807, 2.05) is 0 Å². The second-order valence-corrected chi connectivity index (χ2v) is 3.68. The number of unbranched alkanes of at least 4 members (excludes halogenated alkanes) is 3. The molecule has 0 radical (unpaired) electrons. The highest BCUT2D eigenvalue weighted by Gasteiger charge is 1.99. The van der Waals surface area contributed by atoms with Crippen LogP contribution in [-0.2, 0) is 4.79 Å². The van der Waals surface area contributed by atoms with Crippen molar-refractivity contribution in [3.63, 3.8) is 0 Å². The molecule has 1 nitrogen and oxygen atoms in total. The van der Waals surface area contributed by atoms with Crippen LogP contribution in [0, 0.1) is 0 Å². The van der Waals surface area contributed by atoms with Crippen molar-refractivity contribution in [2.45, 2.75) is 43.9 Å². The number of hydrogen-bond donors (Lipinski definition) is 0. The van der Waals surface area contributed by atoms with Gasteiger partial charge in [-0.3, -0.25) is 0 Å². The minimum absolute atomic E-state index is 0.0874. The summed E-state index contributed by atoms with van der Waals surface area (Å²) in [5.74, 6) is 0. The molecule has 0 bridgehead atoms. The number of aldehydes is 1. The Balaban J connectivity index is 2.95. The Morgan fingerprint density at radius 1 is 1.40 bits per heavy atom. The lowest BCUT2D eigenvalue weighted by Crippen LogP contribution is -1.97. The quantitative estimate of drug-likeness (QED) is 0.371. The molecule has 60 valence electrons. The lowest BCUT2D eigenvalue weighted by molar-refractivity contribution is -0.107. The van der Waals surface area contributed by atoms with Gasteiger partial charge in [0, 0.05) is 0 Å². The molecule has 0 rings (SSSR count). The molecule has 2 heteroatoms. The van der Waals surface area contributed by atoms with Gasteiger partial charge in [0.2, 0.25) is 0 Å². The second kappa shape index (κ2) is 7.26. The first kappa shape index (κ1) is 10.2. The topological polar surface area (TPSA) is 17.1 Å². The molecule has 10 heavy (non-hydrogen) atoms. The van der Waals surface area contributed by atoms with E-state index in [2.05, 4.69) is 22.9 Å². The van der Waals surface area contributed by atoms with Crippen LogP contribution in [0.3, 0.4) is 0 Å². The molecular weight excluding hydrogens is 192 g/mol. The van der Waals surface area contributed by atoms with Crippen LogP contribution in [0.5, 0.6) is 0 Å². The van der Waals surface area contributed by atoms with Gasteiger partial charge in [0.05, 0.1) is 4.83 Å². The molecule has 0 aromatic rings. The summed E-state index contributed by atoms with van der Waals surface area (Å²) in [5, 5.41) is 0. The van der Waals surface area contributed by atoms with Crippen molar-refractivity contribution in [1.82, 2.24) is 0 Å². The van der Waals surface area contributed by atoms with Gasteiger partial charge in [0.15, 0.2) is 0 Å². The van der Waals surface area contributed by atoms with Crippen molar-refractivity contribution in [3.8, 4) is 0 Å². The molecule has 0 aromatic heterocycles. The molecule has 0 heterocycles. The highest BCUT2D eigenvalue weighted by Crippen LogP contribution is 2.09. The van der Waals surface area contributed by atoms with Crippen LogP contribution in [0.2, 0.25) is 0 Å². The van der Waals surface area contributed by atoms with Crippen molar-refractivity contribution in [2.75, 3.05) is 0 Å². The van der Waals surface area contributed by atoms with Crippen molar-refractivity contribution >= 4 is 22.2 Å². The lowest BCUT2D eigenvalue weighted by atomic mass is 10.1. The monoisotopic (exact) mass is 206 g/mol. The Labute approximate surface area is 71.3 Å². The Kier molecular flexibility index (Phi) is 7.37. The Morgan fingerprint density at radius 3 is 2.60 bits per heavy atom. The minimum atomic E-state index is 0.0874. The first-order chi connectivity index (χ1) is 4.81. The fraction of sp³-hybridized carbons (Fsp3) is 0.875. The van der Waals surface area contributed by atoms with E-state index in [9.17, 15) is 4.79 Å². The SMILES string of the molecule is CCCCCCC(Br)C=O. The molecule has 0 N–H and O–H groups in total. The number of alkyl halides is 1. The number of carbonyl (C=O) groups is 1. The van der Waals surface area contributed by atoms with E-state index < -0.39 is 0 Å². The molecule has 0 aliphatic heterocycles. The average Bonchev–Trinajstić information content (AvgIpc) is 1.98. The van der Waals surface area contributed by atoms with E-state index in [1.54, 1.807) is 0 Å². The fourth-order valence-corrected chi connectivity index (χ4v) is 1.16. The summed E-state index contributed by atoms with van der Waals surface area (Å²) < 4.78 is 0. The first-order valence-electron chi connectivity index (χ1n) is 3.90. The average molecular weight is 207 g/mol. The smallest absolute Gasteiger partial charge is 0.133 e. The van der Waals surface area contributed by atoms with Crippen molar-refractivity contribution in [3.05, 3.63) is 0 Å². The molecule has 0 spiro atoms. The second-order valence-electron chi connectivity index (χ2n) is 2.50. The third-order valence-corrected chi connectivity index (χ3v) is 2.15. The maximum atomic E-state index is 10.1. The summed E-state index contributed by atoms with van der Waals surface area (Å²) in [5.41, 5.74) is 0. The highest BCUT2D eigenvalue weighted by atomic mass is 79.9. The summed E-state index contributed by atoms with van der Waals surface area (Å²) in [7, 11) is 0. The van der Waals surface area contributed by atoms with Gasteiger partial charge >= 0.3 is 0 Å². The molecule has 0 aliphatic rings. The molecule has 1 atom stereocenters. The van der Waals surface area contributed by atoms with Gasteiger partial charge in [-0.15, -0.1) is 0 Å². The summed E-state index contributed by atoms with van der Waals surface area (Å²) in [6.07, 6.45) is 6.93. The zero-order valence-electron chi connectivity index (χ0n) is 6.48. The fourth-order valence-electron chi connectivity index (χ4n) is 0.834. The highest BCUT2D eigenvalue weighted by molar-refractivity contribution is 9.09. The van der Waals surface area contributed by atoms with Crippen LogP contribution in [-0.4, -0.2) is 11.1 Å². The molecular formula is C8H15BrO. The van der Waals surface area contributed by atoms with E-state index in [0.717, 1.165) is 12.7 Å². The van der Waals surface area contributed by atoms with E-state index in [1.165, 1.54) is 25.7 Å². The van der Waals surface area contributed by atoms with Gasteiger partial charge in [-0.2, -0.15) is 0 Å². The molecule has 0 aromatic carbocycles. The maximum absolute atomic E-state index is 10.1. The van der Waals surface area contributed by atoms with Crippen molar-refractivity contribution in [2.24, 2.45) is 0 Å². The zero-order chi connectivity index (χ0) is 7.82. The van der Waals surface area contributed by atoms with Crippen molar-refractivity contribution < 1.29 is 4.79 Å². The minimum Gasteiger partial charge on any atom is -0.302 e. The van der Waals surface area contributed by atoms with Gasteiger partial charge < -0.3 is 4.79 Å².